The minimum Gasteiger partial charge on any atom is -0.0622 e. The van der Waals surface area contributed by atoms with Crippen LogP contribution in [-0.4, -0.2) is 0 Å². The van der Waals surface area contributed by atoms with Gasteiger partial charge < -0.3 is 0 Å². The summed E-state index contributed by atoms with van der Waals surface area (Å²) in [5.41, 5.74) is 7.73. The van der Waals surface area contributed by atoms with Crippen molar-refractivity contribution in [1.29, 1.82) is 0 Å². The minimum absolute atomic E-state index is 1.26. The van der Waals surface area contributed by atoms with Crippen molar-refractivity contribution < 1.29 is 0 Å². The maximum atomic E-state index is 2.40. The molecule has 0 atom stereocenters. The van der Waals surface area contributed by atoms with Crippen LogP contribution in [0.5, 0.6) is 0 Å². The molecule has 0 heterocycles. The van der Waals surface area contributed by atoms with Gasteiger partial charge in [-0.05, 0) is 115 Å². The van der Waals surface area contributed by atoms with E-state index in [1.54, 1.807) is 0 Å². The fourth-order valence-electron chi connectivity index (χ4n) is 5.72. The van der Waals surface area contributed by atoms with Crippen LogP contribution in [0.2, 0.25) is 0 Å². The molecule has 0 aliphatic carbocycles. The average molecular weight is 433 g/mol. The molecule has 0 saturated carbocycles. The first-order valence-corrected chi connectivity index (χ1v) is 12.0. The number of aryl methyl sites for hydroxylation is 2. The Balaban J connectivity index is 1.70. The third-order valence-corrected chi connectivity index (χ3v) is 7.46. The zero-order chi connectivity index (χ0) is 22.8. The quantitative estimate of drug-likeness (QED) is 0.188. The molecule has 0 aromatic heterocycles. The molecule has 0 amide bonds. The first-order valence-electron chi connectivity index (χ1n) is 12.0. The summed E-state index contributed by atoms with van der Waals surface area (Å²) in [5.74, 6) is 0. The van der Waals surface area contributed by atoms with Crippen molar-refractivity contribution in [3.63, 3.8) is 0 Å². The van der Waals surface area contributed by atoms with E-state index in [4.69, 9.17) is 0 Å². The van der Waals surface area contributed by atoms with Crippen LogP contribution < -0.4 is 0 Å². The van der Waals surface area contributed by atoms with Gasteiger partial charge in [0.05, 0.1) is 0 Å². The lowest BCUT2D eigenvalue weighted by molar-refractivity contribution is 1.53. The third kappa shape index (κ3) is 2.72. The summed E-state index contributed by atoms with van der Waals surface area (Å²) in [7, 11) is 0. The largest absolute Gasteiger partial charge is 0.0622 e. The van der Waals surface area contributed by atoms with Gasteiger partial charge in [0.15, 0.2) is 0 Å². The SMILES string of the molecule is Cc1ccc2c3cc(-c4ccccc4)cc4c(C)ccc(c5cc(-c6ccccc6)cc1c25)c43. The predicted molar refractivity (Wildman–Crippen MR) is 148 cm³/mol. The average Bonchev–Trinajstić information content (AvgIpc) is 2.89. The van der Waals surface area contributed by atoms with Gasteiger partial charge >= 0.3 is 0 Å². The van der Waals surface area contributed by atoms with E-state index in [9.17, 15) is 0 Å². The lowest BCUT2D eigenvalue weighted by atomic mass is 9.84. The van der Waals surface area contributed by atoms with Gasteiger partial charge in [0, 0.05) is 0 Å². The maximum Gasteiger partial charge on any atom is -0.00233 e. The monoisotopic (exact) mass is 432 g/mol. The Hall–Kier alpha value is -4.16. The first kappa shape index (κ1) is 19.3. The van der Waals surface area contributed by atoms with Crippen LogP contribution in [-0.2, 0) is 0 Å². The highest BCUT2D eigenvalue weighted by Gasteiger charge is 2.17. The van der Waals surface area contributed by atoms with E-state index in [1.165, 1.54) is 76.5 Å². The summed E-state index contributed by atoms with van der Waals surface area (Å²) < 4.78 is 0. The first-order chi connectivity index (χ1) is 16.7. The number of benzene rings is 7. The van der Waals surface area contributed by atoms with E-state index in [0.717, 1.165) is 0 Å². The van der Waals surface area contributed by atoms with Crippen molar-refractivity contribution in [1.82, 2.24) is 0 Å². The molecule has 0 N–H and O–H groups in total. The highest BCUT2D eigenvalue weighted by atomic mass is 14.2. The zero-order valence-corrected chi connectivity index (χ0v) is 19.4. The normalized spacial score (nSPS) is 11.8. The number of fused-ring (bicyclic) bond motifs is 2. The Morgan fingerprint density at radius 1 is 0.324 bits per heavy atom. The lowest BCUT2D eigenvalue weighted by Gasteiger charge is -2.19. The fraction of sp³-hybridized carbons (Fsp3) is 0.0588. The molecule has 160 valence electrons. The summed E-state index contributed by atoms with van der Waals surface area (Å²) in [6.45, 7) is 4.47. The Morgan fingerprint density at radius 3 is 1.12 bits per heavy atom. The minimum atomic E-state index is 1.26. The number of rotatable bonds is 2. The molecular weight excluding hydrogens is 408 g/mol. The molecule has 7 rings (SSSR count). The van der Waals surface area contributed by atoms with Crippen LogP contribution in [0.4, 0.5) is 0 Å². The van der Waals surface area contributed by atoms with Gasteiger partial charge in [0.2, 0.25) is 0 Å². The predicted octanol–water partition coefficient (Wildman–Crippen LogP) is 9.69. The van der Waals surface area contributed by atoms with Gasteiger partial charge in [-0.15, -0.1) is 0 Å². The zero-order valence-electron chi connectivity index (χ0n) is 19.4. The molecule has 0 radical (unpaired) electrons. The number of hydrogen-bond acceptors (Lipinski definition) is 0. The Labute approximate surface area is 199 Å². The fourth-order valence-corrected chi connectivity index (χ4v) is 5.72. The topological polar surface area (TPSA) is 0 Å². The van der Waals surface area contributed by atoms with E-state index in [0.29, 0.717) is 0 Å². The molecule has 0 heteroatoms. The van der Waals surface area contributed by atoms with Crippen LogP contribution in [0, 0.1) is 13.8 Å². The lowest BCUT2D eigenvalue weighted by Crippen LogP contribution is -1.92. The van der Waals surface area contributed by atoms with Gasteiger partial charge in [-0.25, -0.2) is 0 Å². The van der Waals surface area contributed by atoms with Crippen molar-refractivity contribution in [3.8, 4) is 22.3 Å². The molecule has 0 spiro atoms. The summed E-state index contributed by atoms with van der Waals surface area (Å²) in [5, 5.41) is 10.8. The molecular formula is C34H24. The van der Waals surface area contributed by atoms with Crippen LogP contribution in [0.1, 0.15) is 11.1 Å². The van der Waals surface area contributed by atoms with Crippen molar-refractivity contribution in [2.75, 3.05) is 0 Å². The second-order valence-electron chi connectivity index (χ2n) is 9.48. The molecule has 0 nitrogen and oxygen atoms in total. The van der Waals surface area contributed by atoms with Crippen molar-refractivity contribution in [3.05, 3.63) is 120 Å². The highest BCUT2D eigenvalue weighted by molar-refractivity contribution is 6.34. The molecule has 0 fully saturated rings. The van der Waals surface area contributed by atoms with Crippen LogP contribution in [0.15, 0.2) is 109 Å². The van der Waals surface area contributed by atoms with Crippen LogP contribution in [0.25, 0.3) is 65.3 Å². The summed E-state index contributed by atoms with van der Waals surface area (Å²) in [6.07, 6.45) is 0. The molecule has 0 unspecified atom stereocenters. The Morgan fingerprint density at radius 2 is 0.706 bits per heavy atom. The molecule has 0 bridgehead atoms. The van der Waals surface area contributed by atoms with Crippen molar-refractivity contribution in [2.24, 2.45) is 0 Å². The van der Waals surface area contributed by atoms with Gasteiger partial charge in [0.1, 0.15) is 0 Å². The van der Waals surface area contributed by atoms with Crippen LogP contribution in [0.3, 0.4) is 0 Å². The van der Waals surface area contributed by atoms with E-state index >= 15 is 0 Å². The molecule has 34 heavy (non-hydrogen) atoms. The van der Waals surface area contributed by atoms with Gasteiger partial charge in [-0.2, -0.15) is 0 Å². The molecule has 7 aromatic carbocycles. The van der Waals surface area contributed by atoms with Crippen LogP contribution >= 0.6 is 0 Å². The molecule has 0 aliphatic heterocycles. The van der Waals surface area contributed by atoms with Crippen molar-refractivity contribution >= 4 is 43.1 Å². The molecule has 0 saturated heterocycles. The molecule has 7 aromatic rings. The maximum absolute atomic E-state index is 2.40. The van der Waals surface area contributed by atoms with E-state index in [-0.39, 0.29) is 0 Å². The second-order valence-corrected chi connectivity index (χ2v) is 9.48. The van der Waals surface area contributed by atoms with E-state index in [1.807, 2.05) is 0 Å². The van der Waals surface area contributed by atoms with E-state index < -0.39 is 0 Å². The van der Waals surface area contributed by atoms with Gasteiger partial charge in [0.25, 0.3) is 0 Å². The summed E-state index contributed by atoms with van der Waals surface area (Å²) >= 11 is 0. The van der Waals surface area contributed by atoms with Crippen molar-refractivity contribution in [2.45, 2.75) is 13.8 Å². The van der Waals surface area contributed by atoms with Gasteiger partial charge in [-0.1, -0.05) is 84.9 Å². The number of hydrogen-bond donors (Lipinski definition) is 0. The Kier molecular flexibility index (Phi) is 4.07. The Bertz CT molecular complexity index is 1700. The summed E-state index contributed by atoms with van der Waals surface area (Å²) in [6, 6.07) is 40.3. The third-order valence-electron chi connectivity index (χ3n) is 7.46. The standard InChI is InChI=1S/C34H24/c1-21-13-15-27-32-20-26(24-11-7-4-8-12-24)18-30-22(2)14-16-28(34(30)32)31-19-25(17-29(21)33(27)31)23-9-5-3-6-10-23/h3-20H,1-2H3. The smallest absolute Gasteiger partial charge is 0.00233 e. The summed E-state index contributed by atoms with van der Waals surface area (Å²) in [4.78, 5) is 0. The molecule has 0 aliphatic rings. The van der Waals surface area contributed by atoms with E-state index in [2.05, 4.69) is 123 Å². The van der Waals surface area contributed by atoms with Gasteiger partial charge in [-0.3, -0.25) is 0 Å². The second kappa shape index (κ2) is 7.17. The highest BCUT2D eigenvalue weighted by Crippen LogP contribution is 2.45.